The van der Waals surface area contributed by atoms with E-state index in [1.165, 1.54) is 12.1 Å². The van der Waals surface area contributed by atoms with Crippen LogP contribution in [-0.2, 0) is 4.79 Å². The number of piperazine rings is 1. The molecule has 0 spiro atoms. The van der Waals surface area contributed by atoms with Crippen molar-refractivity contribution >= 4 is 28.9 Å². The highest BCUT2D eigenvalue weighted by molar-refractivity contribution is 6.30. The molecule has 1 aliphatic rings. The number of ether oxygens (including phenoxy) is 1. The molecule has 136 valence electrons. The van der Waals surface area contributed by atoms with E-state index in [9.17, 15) is 14.9 Å². The maximum atomic E-state index is 12.3. The first kappa shape index (κ1) is 17.9. The van der Waals surface area contributed by atoms with Crippen LogP contribution in [0.2, 0.25) is 5.15 Å². The lowest BCUT2D eigenvalue weighted by Gasteiger charge is -2.36. The monoisotopic (exact) mass is 376 g/mol. The van der Waals surface area contributed by atoms with E-state index < -0.39 is 4.92 Å². The van der Waals surface area contributed by atoms with Crippen LogP contribution < -0.4 is 9.64 Å². The van der Waals surface area contributed by atoms with E-state index in [0.29, 0.717) is 31.9 Å². The molecule has 1 fully saturated rings. The van der Waals surface area contributed by atoms with Crippen LogP contribution in [0.3, 0.4) is 0 Å². The van der Waals surface area contributed by atoms with Gasteiger partial charge in [0.15, 0.2) is 17.5 Å². The number of anilines is 1. The normalized spacial score (nSPS) is 14.2. The number of nitrogens with zero attached hydrogens (tertiary/aromatic N) is 4. The van der Waals surface area contributed by atoms with Crippen molar-refractivity contribution in [2.24, 2.45) is 0 Å². The highest BCUT2D eigenvalue weighted by Gasteiger charge is 2.22. The van der Waals surface area contributed by atoms with Gasteiger partial charge in [-0.05, 0) is 24.3 Å². The highest BCUT2D eigenvalue weighted by atomic mass is 35.5. The van der Waals surface area contributed by atoms with Crippen LogP contribution in [0.1, 0.15) is 0 Å². The number of nitro groups is 1. The molecule has 8 nitrogen and oxygen atoms in total. The molecular weight excluding hydrogens is 360 g/mol. The minimum Gasteiger partial charge on any atom is -0.481 e. The molecule has 1 aliphatic heterocycles. The summed E-state index contributed by atoms with van der Waals surface area (Å²) in [4.78, 5) is 30.3. The first-order chi connectivity index (χ1) is 12.5. The van der Waals surface area contributed by atoms with Gasteiger partial charge in [-0.2, -0.15) is 0 Å². The van der Waals surface area contributed by atoms with Crippen molar-refractivity contribution < 1.29 is 14.5 Å². The molecule has 1 saturated heterocycles. The minimum atomic E-state index is -0.422. The first-order valence-corrected chi connectivity index (χ1v) is 8.43. The van der Waals surface area contributed by atoms with Crippen molar-refractivity contribution in [3.8, 4) is 5.75 Å². The fraction of sp³-hybridized carbons (Fsp3) is 0.294. The maximum Gasteiger partial charge on any atom is 0.269 e. The van der Waals surface area contributed by atoms with Crippen LogP contribution in [0.25, 0.3) is 0 Å². The Kier molecular flexibility index (Phi) is 5.52. The molecule has 9 heteroatoms. The van der Waals surface area contributed by atoms with Crippen LogP contribution in [0.4, 0.5) is 11.4 Å². The van der Waals surface area contributed by atoms with E-state index in [2.05, 4.69) is 9.88 Å². The number of amides is 1. The van der Waals surface area contributed by atoms with E-state index in [0.717, 1.165) is 5.69 Å². The Morgan fingerprint density at radius 1 is 1.19 bits per heavy atom. The van der Waals surface area contributed by atoms with Crippen LogP contribution in [-0.4, -0.2) is 53.5 Å². The molecule has 2 heterocycles. The second kappa shape index (κ2) is 8.01. The lowest BCUT2D eigenvalue weighted by atomic mass is 10.2. The van der Waals surface area contributed by atoms with Gasteiger partial charge in [-0.25, -0.2) is 4.98 Å². The van der Waals surface area contributed by atoms with Crippen molar-refractivity contribution in [2.45, 2.75) is 0 Å². The number of carbonyl (C=O) groups is 1. The predicted molar refractivity (Wildman–Crippen MR) is 96.6 cm³/mol. The number of benzene rings is 1. The van der Waals surface area contributed by atoms with Gasteiger partial charge in [-0.3, -0.25) is 14.9 Å². The average Bonchev–Trinajstić information content (AvgIpc) is 2.67. The van der Waals surface area contributed by atoms with Gasteiger partial charge < -0.3 is 14.5 Å². The van der Waals surface area contributed by atoms with Gasteiger partial charge in [0, 0.05) is 50.2 Å². The van der Waals surface area contributed by atoms with Gasteiger partial charge in [0.1, 0.15) is 0 Å². The number of carbonyl (C=O) groups excluding carboxylic acids is 1. The van der Waals surface area contributed by atoms with E-state index in [4.69, 9.17) is 16.3 Å². The van der Waals surface area contributed by atoms with Crippen molar-refractivity contribution in [1.29, 1.82) is 0 Å². The summed E-state index contributed by atoms with van der Waals surface area (Å²) in [5, 5.41) is 10.9. The SMILES string of the molecule is O=C(COc1cccnc1Cl)N1CCN(c2ccc([N+](=O)[O-])cc2)CC1. The summed E-state index contributed by atoms with van der Waals surface area (Å²) < 4.78 is 5.44. The molecule has 0 saturated carbocycles. The number of hydrogen-bond acceptors (Lipinski definition) is 6. The Balaban J connectivity index is 1.50. The quantitative estimate of drug-likeness (QED) is 0.452. The minimum absolute atomic E-state index is 0.0637. The van der Waals surface area contributed by atoms with Crippen LogP contribution in [0.15, 0.2) is 42.6 Å². The van der Waals surface area contributed by atoms with E-state index in [1.807, 2.05) is 0 Å². The molecule has 1 aromatic carbocycles. The van der Waals surface area contributed by atoms with Crippen molar-refractivity contribution in [1.82, 2.24) is 9.88 Å². The first-order valence-electron chi connectivity index (χ1n) is 8.05. The summed E-state index contributed by atoms with van der Waals surface area (Å²) in [6.45, 7) is 2.32. The Hall–Kier alpha value is -2.87. The Bertz CT molecular complexity index is 792. The topological polar surface area (TPSA) is 88.8 Å². The standard InChI is InChI=1S/C17H17ClN4O4/c18-17-15(2-1-7-19-17)26-12-16(23)21-10-8-20(9-11-21)13-3-5-14(6-4-13)22(24)25/h1-7H,8-12H2. The molecule has 26 heavy (non-hydrogen) atoms. The van der Waals surface area contributed by atoms with Crippen molar-refractivity contribution in [3.63, 3.8) is 0 Å². The molecular formula is C17H17ClN4O4. The smallest absolute Gasteiger partial charge is 0.269 e. The van der Waals surface area contributed by atoms with Gasteiger partial charge >= 0.3 is 0 Å². The van der Waals surface area contributed by atoms with Crippen molar-refractivity contribution in [3.05, 3.63) is 57.9 Å². The summed E-state index contributed by atoms with van der Waals surface area (Å²) in [6.07, 6.45) is 1.55. The van der Waals surface area contributed by atoms with Crippen molar-refractivity contribution in [2.75, 3.05) is 37.7 Å². The summed E-state index contributed by atoms with van der Waals surface area (Å²) in [5.74, 6) is 0.264. The van der Waals surface area contributed by atoms with Crippen LogP contribution >= 0.6 is 11.6 Å². The third kappa shape index (κ3) is 4.20. The molecule has 0 unspecified atom stereocenters. The third-order valence-corrected chi connectivity index (χ3v) is 4.42. The Morgan fingerprint density at radius 3 is 2.50 bits per heavy atom. The maximum absolute atomic E-state index is 12.3. The number of non-ortho nitro benzene ring substituents is 1. The van der Waals surface area contributed by atoms with Gasteiger partial charge in [0.05, 0.1) is 4.92 Å². The second-order valence-electron chi connectivity index (χ2n) is 5.72. The zero-order valence-corrected chi connectivity index (χ0v) is 14.6. The number of hydrogen-bond donors (Lipinski definition) is 0. The number of nitro benzene ring substituents is 1. The summed E-state index contributed by atoms with van der Waals surface area (Å²) in [6, 6.07) is 9.77. The van der Waals surface area contributed by atoms with Crippen LogP contribution in [0.5, 0.6) is 5.75 Å². The third-order valence-electron chi connectivity index (χ3n) is 4.13. The fourth-order valence-corrected chi connectivity index (χ4v) is 2.88. The summed E-state index contributed by atoms with van der Waals surface area (Å²) >= 11 is 5.90. The lowest BCUT2D eigenvalue weighted by molar-refractivity contribution is -0.384. The number of aromatic nitrogens is 1. The fourth-order valence-electron chi connectivity index (χ4n) is 2.71. The molecule has 0 aliphatic carbocycles. The molecule has 0 atom stereocenters. The van der Waals surface area contributed by atoms with E-state index in [-0.39, 0.29) is 23.4 Å². The highest BCUT2D eigenvalue weighted by Crippen LogP contribution is 2.22. The lowest BCUT2D eigenvalue weighted by Crippen LogP contribution is -2.50. The molecule has 0 radical (unpaired) electrons. The Morgan fingerprint density at radius 2 is 1.88 bits per heavy atom. The van der Waals surface area contributed by atoms with Gasteiger partial charge in [-0.15, -0.1) is 0 Å². The number of halogens is 1. The molecule has 0 bridgehead atoms. The zero-order valence-electron chi connectivity index (χ0n) is 13.9. The van der Waals surface area contributed by atoms with Crippen LogP contribution in [0, 0.1) is 10.1 Å². The Labute approximate surface area is 155 Å². The van der Waals surface area contributed by atoms with Gasteiger partial charge in [0.25, 0.3) is 11.6 Å². The summed E-state index contributed by atoms with van der Waals surface area (Å²) in [5.41, 5.74) is 0.967. The molecule has 0 N–H and O–H groups in total. The predicted octanol–water partition coefficient (Wildman–Crippen LogP) is 2.37. The van der Waals surface area contributed by atoms with Gasteiger partial charge in [-0.1, -0.05) is 11.6 Å². The molecule has 3 rings (SSSR count). The van der Waals surface area contributed by atoms with E-state index in [1.54, 1.807) is 35.4 Å². The largest absolute Gasteiger partial charge is 0.481 e. The summed E-state index contributed by atoms with van der Waals surface area (Å²) in [7, 11) is 0. The van der Waals surface area contributed by atoms with Gasteiger partial charge in [0.2, 0.25) is 0 Å². The molecule has 1 amide bonds. The van der Waals surface area contributed by atoms with E-state index >= 15 is 0 Å². The number of rotatable bonds is 5. The average molecular weight is 377 g/mol. The molecule has 1 aromatic heterocycles. The second-order valence-corrected chi connectivity index (χ2v) is 6.08. The number of pyridine rings is 1. The molecule has 2 aromatic rings. The zero-order chi connectivity index (χ0) is 18.5.